The van der Waals surface area contributed by atoms with E-state index < -0.39 is 11.6 Å². The van der Waals surface area contributed by atoms with Crippen molar-refractivity contribution < 1.29 is 13.2 Å². The molecule has 0 saturated carbocycles. The number of hydrogen-bond acceptors (Lipinski definition) is 1. The highest BCUT2D eigenvalue weighted by Gasteiger charge is 2.46. The van der Waals surface area contributed by atoms with Crippen molar-refractivity contribution in [2.75, 3.05) is 0 Å². The quantitative estimate of drug-likeness (QED) is 0.511. The molecule has 0 spiro atoms. The van der Waals surface area contributed by atoms with Crippen molar-refractivity contribution in [1.82, 2.24) is 4.98 Å². The monoisotopic (exact) mass is 357 g/mol. The largest absolute Gasteiger partial charge is 0.394 e. The summed E-state index contributed by atoms with van der Waals surface area (Å²) in [5.41, 5.74) is 2.89. The SMILES string of the molecule is Cc1cccc(-c2ncc(C)c3cc(CC(C)(C)C(F)(F)F)ccc23)c1. The fraction of sp³-hybridized carbons (Fsp3) is 0.318. The second-order valence-electron chi connectivity index (χ2n) is 7.60. The minimum atomic E-state index is -4.23. The van der Waals surface area contributed by atoms with Crippen LogP contribution in [-0.4, -0.2) is 11.2 Å². The van der Waals surface area contributed by atoms with Gasteiger partial charge < -0.3 is 0 Å². The Kier molecular flexibility index (Phi) is 4.55. The molecular formula is C22H22F3N. The molecule has 1 heterocycles. The zero-order valence-electron chi connectivity index (χ0n) is 15.4. The van der Waals surface area contributed by atoms with Crippen molar-refractivity contribution in [3.63, 3.8) is 0 Å². The third-order valence-corrected chi connectivity index (χ3v) is 4.86. The number of nitrogens with zero attached hydrogens (tertiary/aromatic N) is 1. The van der Waals surface area contributed by atoms with Crippen molar-refractivity contribution in [3.8, 4) is 11.3 Å². The number of hydrogen-bond donors (Lipinski definition) is 0. The average Bonchev–Trinajstić information content (AvgIpc) is 2.54. The van der Waals surface area contributed by atoms with E-state index in [9.17, 15) is 13.2 Å². The Balaban J connectivity index is 2.10. The fourth-order valence-electron chi connectivity index (χ4n) is 3.17. The van der Waals surface area contributed by atoms with Crippen LogP contribution in [0.15, 0.2) is 48.7 Å². The van der Waals surface area contributed by atoms with E-state index in [0.29, 0.717) is 5.56 Å². The fourth-order valence-corrected chi connectivity index (χ4v) is 3.17. The highest BCUT2D eigenvalue weighted by atomic mass is 19.4. The number of benzene rings is 2. The van der Waals surface area contributed by atoms with Crippen LogP contribution in [0.3, 0.4) is 0 Å². The molecule has 3 aromatic rings. The van der Waals surface area contributed by atoms with Gasteiger partial charge in [-0.1, -0.05) is 55.8 Å². The summed E-state index contributed by atoms with van der Waals surface area (Å²) in [5.74, 6) is 0. The third-order valence-electron chi connectivity index (χ3n) is 4.86. The summed E-state index contributed by atoms with van der Waals surface area (Å²) in [4.78, 5) is 4.58. The van der Waals surface area contributed by atoms with E-state index in [4.69, 9.17) is 0 Å². The van der Waals surface area contributed by atoms with Crippen molar-refractivity contribution in [3.05, 3.63) is 65.4 Å². The van der Waals surface area contributed by atoms with Crippen LogP contribution >= 0.6 is 0 Å². The molecular weight excluding hydrogens is 335 g/mol. The van der Waals surface area contributed by atoms with Gasteiger partial charge in [-0.3, -0.25) is 4.98 Å². The van der Waals surface area contributed by atoms with Gasteiger partial charge in [0.15, 0.2) is 0 Å². The van der Waals surface area contributed by atoms with Crippen molar-refractivity contribution in [2.24, 2.45) is 5.41 Å². The minimum Gasteiger partial charge on any atom is -0.255 e. The summed E-state index contributed by atoms with van der Waals surface area (Å²) in [5, 5.41) is 1.91. The molecule has 1 aromatic heterocycles. The molecule has 136 valence electrons. The maximum absolute atomic E-state index is 13.2. The van der Waals surface area contributed by atoms with Crippen LogP contribution in [0.2, 0.25) is 0 Å². The summed E-state index contributed by atoms with van der Waals surface area (Å²) in [6.45, 7) is 6.45. The molecule has 0 N–H and O–H groups in total. The van der Waals surface area contributed by atoms with Gasteiger partial charge in [0.25, 0.3) is 0 Å². The number of pyridine rings is 1. The molecule has 0 radical (unpaired) electrons. The zero-order chi connectivity index (χ0) is 19.1. The highest BCUT2D eigenvalue weighted by Crippen LogP contribution is 2.41. The molecule has 26 heavy (non-hydrogen) atoms. The van der Waals surface area contributed by atoms with Crippen LogP contribution in [0.1, 0.15) is 30.5 Å². The van der Waals surface area contributed by atoms with E-state index in [0.717, 1.165) is 33.2 Å². The number of alkyl halides is 3. The number of fused-ring (bicyclic) bond motifs is 1. The normalized spacial score (nSPS) is 12.6. The third kappa shape index (κ3) is 3.46. The maximum Gasteiger partial charge on any atom is 0.394 e. The Morgan fingerprint density at radius 3 is 2.31 bits per heavy atom. The van der Waals surface area contributed by atoms with Gasteiger partial charge in [0.2, 0.25) is 0 Å². The molecule has 3 rings (SSSR count). The van der Waals surface area contributed by atoms with E-state index in [1.807, 2.05) is 44.2 Å². The maximum atomic E-state index is 13.2. The first kappa shape index (κ1) is 18.4. The molecule has 0 atom stereocenters. The first-order valence-electron chi connectivity index (χ1n) is 8.60. The van der Waals surface area contributed by atoms with Gasteiger partial charge in [0.1, 0.15) is 0 Å². The number of halogens is 3. The van der Waals surface area contributed by atoms with Gasteiger partial charge in [-0.05, 0) is 42.8 Å². The minimum absolute atomic E-state index is 0.0476. The van der Waals surface area contributed by atoms with Gasteiger partial charge in [0.05, 0.1) is 11.1 Å². The Morgan fingerprint density at radius 1 is 0.923 bits per heavy atom. The summed E-state index contributed by atoms with van der Waals surface area (Å²) >= 11 is 0. The molecule has 4 heteroatoms. The van der Waals surface area contributed by atoms with E-state index in [1.54, 1.807) is 12.3 Å². The summed E-state index contributed by atoms with van der Waals surface area (Å²) < 4.78 is 39.7. The molecule has 0 fully saturated rings. The predicted molar refractivity (Wildman–Crippen MR) is 100 cm³/mol. The Morgan fingerprint density at radius 2 is 1.65 bits per heavy atom. The Labute approximate surface area is 151 Å². The summed E-state index contributed by atoms with van der Waals surface area (Å²) in [7, 11) is 0. The zero-order valence-corrected chi connectivity index (χ0v) is 15.4. The standard InChI is InChI=1S/C22H22F3N/c1-14-6-5-7-17(10-14)20-18-9-8-16(11-19(18)15(2)13-26-20)12-21(3,4)22(23,24)25/h5-11,13H,12H2,1-4H3. The lowest BCUT2D eigenvalue weighted by Crippen LogP contribution is -2.34. The van der Waals surface area contributed by atoms with Gasteiger partial charge in [-0.2, -0.15) is 13.2 Å². The molecule has 0 bridgehead atoms. The van der Waals surface area contributed by atoms with Gasteiger partial charge in [-0.25, -0.2) is 0 Å². The van der Waals surface area contributed by atoms with E-state index in [1.165, 1.54) is 13.8 Å². The van der Waals surface area contributed by atoms with E-state index >= 15 is 0 Å². The summed E-state index contributed by atoms with van der Waals surface area (Å²) in [6.07, 6.45) is -2.49. The summed E-state index contributed by atoms with van der Waals surface area (Å²) in [6, 6.07) is 13.6. The van der Waals surface area contributed by atoms with Crippen LogP contribution < -0.4 is 0 Å². The lowest BCUT2D eigenvalue weighted by Gasteiger charge is -2.28. The molecule has 0 unspecified atom stereocenters. The van der Waals surface area contributed by atoms with Crippen molar-refractivity contribution in [2.45, 2.75) is 40.3 Å². The van der Waals surface area contributed by atoms with E-state index in [-0.39, 0.29) is 6.42 Å². The van der Waals surface area contributed by atoms with Crippen LogP contribution in [0, 0.1) is 19.3 Å². The topological polar surface area (TPSA) is 12.9 Å². The lowest BCUT2D eigenvalue weighted by molar-refractivity contribution is -0.211. The van der Waals surface area contributed by atoms with Crippen LogP contribution in [0.4, 0.5) is 13.2 Å². The van der Waals surface area contributed by atoms with Crippen molar-refractivity contribution >= 4 is 10.8 Å². The average molecular weight is 357 g/mol. The molecule has 0 aliphatic heterocycles. The van der Waals surface area contributed by atoms with Crippen LogP contribution in [0.25, 0.3) is 22.0 Å². The van der Waals surface area contributed by atoms with E-state index in [2.05, 4.69) is 11.1 Å². The van der Waals surface area contributed by atoms with Crippen LogP contribution in [0.5, 0.6) is 0 Å². The molecule has 0 aliphatic rings. The second kappa shape index (κ2) is 6.42. The number of rotatable bonds is 3. The Hall–Kier alpha value is -2.36. The second-order valence-corrected chi connectivity index (χ2v) is 7.60. The van der Waals surface area contributed by atoms with Gasteiger partial charge in [-0.15, -0.1) is 0 Å². The highest BCUT2D eigenvalue weighted by molar-refractivity contribution is 5.96. The number of aromatic nitrogens is 1. The Bertz CT molecular complexity index is 955. The molecule has 0 amide bonds. The molecule has 0 saturated heterocycles. The van der Waals surface area contributed by atoms with Gasteiger partial charge >= 0.3 is 6.18 Å². The lowest BCUT2D eigenvalue weighted by atomic mass is 9.84. The number of aryl methyl sites for hydroxylation is 2. The smallest absolute Gasteiger partial charge is 0.255 e. The first-order chi connectivity index (χ1) is 12.1. The van der Waals surface area contributed by atoms with Crippen molar-refractivity contribution in [1.29, 1.82) is 0 Å². The predicted octanol–water partition coefficient (Wildman–Crippen LogP) is 6.65. The van der Waals surface area contributed by atoms with Gasteiger partial charge in [0, 0.05) is 17.1 Å². The first-order valence-corrected chi connectivity index (χ1v) is 8.60. The van der Waals surface area contributed by atoms with Crippen LogP contribution in [-0.2, 0) is 6.42 Å². The molecule has 2 aromatic carbocycles. The molecule has 0 aliphatic carbocycles. The molecule has 1 nitrogen and oxygen atoms in total.